The third kappa shape index (κ3) is 4.16. The highest BCUT2D eigenvalue weighted by molar-refractivity contribution is 5.85. The first-order valence-corrected chi connectivity index (χ1v) is 9.07. The molecule has 0 spiro atoms. The van der Waals surface area contributed by atoms with Crippen LogP contribution in [0.15, 0.2) is 65.3 Å². The molecular weight excluding hydrogens is 372 g/mol. The molecule has 0 saturated heterocycles. The molecule has 0 aliphatic heterocycles. The fourth-order valence-corrected chi connectivity index (χ4v) is 3.05. The van der Waals surface area contributed by atoms with Gasteiger partial charge in [0.05, 0.1) is 0 Å². The van der Waals surface area contributed by atoms with Gasteiger partial charge in [0.1, 0.15) is 0 Å². The van der Waals surface area contributed by atoms with Crippen LogP contribution in [0.1, 0.15) is 23.9 Å². The van der Waals surface area contributed by atoms with E-state index in [0.717, 1.165) is 16.5 Å². The molecule has 2 aromatic carbocycles. The standard InChI is InChI=1S/C21H18N4O4/c26-17(23-19(21(27)28)14-4-2-1-3-5-14)8-9-18-24-20(25-29-18)15-7-6-13-10-11-22-16(13)12-15/h1-7,10-12,19,22H,8-9H2,(H,23,26)(H,27,28)/t19-/m0/s1. The summed E-state index contributed by atoms with van der Waals surface area (Å²) >= 11 is 0. The number of fused-ring (bicyclic) bond motifs is 1. The van der Waals surface area contributed by atoms with Gasteiger partial charge in [-0.2, -0.15) is 4.98 Å². The predicted molar refractivity (Wildman–Crippen MR) is 105 cm³/mol. The van der Waals surface area contributed by atoms with E-state index < -0.39 is 17.9 Å². The highest BCUT2D eigenvalue weighted by atomic mass is 16.5. The van der Waals surface area contributed by atoms with Crippen LogP contribution in [-0.2, 0) is 16.0 Å². The van der Waals surface area contributed by atoms with E-state index in [2.05, 4.69) is 20.4 Å². The first kappa shape index (κ1) is 18.4. The van der Waals surface area contributed by atoms with Gasteiger partial charge in [-0.25, -0.2) is 4.79 Å². The maximum Gasteiger partial charge on any atom is 0.330 e. The molecule has 0 unspecified atom stereocenters. The number of nitrogens with one attached hydrogen (secondary N) is 2. The first-order valence-electron chi connectivity index (χ1n) is 9.07. The van der Waals surface area contributed by atoms with E-state index in [0.29, 0.717) is 17.3 Å². The van der Waals surface area contributed by atoms with Crippen molar-refractivity contribution in [2.75, 3.05) is 0 Å². The molecule has 146 valence electrons. The summed E-state index contributed by atoms with van der Waals surface area (Å²) in [4.78, 5) is 31.2. The molecule has 0 radical (unpaired) electrons. The number of aromatic nitrogens is 3. The van der Waals surface area contributed by atoms with E-state index in [1.807, 2.05) is 30.5 Å². The fraction of sp³-hybridized carbons (Fsp3) is 0.143. The summed E-state index contributed by atoms with van der Waals surface area (Å²) in [7, 11) is 0. The van der Waals surface area contributed by atoms with Gasteiger partial charge >= 0.3 is 5.97 Å². The summed E-state index contributed by atoms with van der Waals surface area (Å²) in [6.07, 6.45) is 2.10. The summed E-state index contributed by atoms with van der Waals surface area (Å²) in [6, 6.07) is 15.2. The molecule has 0 saturated carbocycles. The second kappa shape index (κ2) is 7.97. The zero-order valence-electron chi connectivity index (χ0n) is 15.3. The van der Waals surface area contributed by atoms with Crippen LogP contribution in [0.4, 0.5) is 0 Å². The third-order valence-corrected chi connectivity index (χ3v) is 4.53. The van der Waals surface area contributed by atoms with Gasteiger partial charge in [0.25, 0.3) is 0 Å². The Bertz CT molecular complexity index is 1150. The van der Waals surface area contributed by atoms with Gasteiger partial charge < -0.3 is 19.9 Å². The van der Waals surface area contributed by atoms with Crippen molar-refractivity contribution >= 4 is 22.8 Å². The molecule has 0 bridgehead atoms. The lowest BCUT2D eigenvalue weighted by Crippen LogP contribution is -2.33. The van der Waals surface area contributed by atoms with Crippen LogP contribution in [-0.4, -0.2) is 32.1 Å². The van der Waals surface area contributed by atoms with Crippen molar-refractivity contribution in [3.05, 3.63) is 72.2 Å². The smallest absolute Gasteiger partial charge is 0.330 e. The van der Waals surface area contributed by atoms with Crippen molar-refractivity contribution in [1.82, 2.24) is 20.4 Å². The normalized spacial score (nSPS) is 12.0. The number of carbonyl (C=O) groups excluding carboxylic acids is 1. The quantitative estimate of drug-likeness (QED) is 0.446. The van der Waals surface area contributed by atoms with Crippen LogP contribution < -0.4 is 5.32 Å². The van der Waals surface area contributed by atoms with Gasteiger partial charge in [-0.1, -0.05) is 47.6 Å². The molecule has 3 N–H and O–H groups in total. The topological polar surface area (TPSA) is 121 Å². The maximum absolute atomic E-state index is 12.2. The molecule has 2 heterocycles. The lowest BCUT2D eigenvalue weighted by atomic mass is 10.1. The summed E-state index contributed by atoms with van der Waals surface area (Å²) in [5, 5.41) is 17.0. The first-order chi connectivity index (χ1) is 14.1. The van der Waals surface area contributed by atoms with Crippen molar-refractivity contribution in [3.8, 4) is 11.4 Å². The highest BCUT2D eigenvalue weighted by Gasteiger charge is 2.22. The lowest BCUT2D eigenvalue weighted by Gasteiger charge is -2.14. The Hall–Kier alpha value is -3.94. The number of carboxylic acid groups (broad SMARTS) is 1. The minimum absolute atomic E-state index is 0.0356. The van der Waals surface area contributed by atoms with Crippen LogP contribution in [0.25, 0.3) is 22.3 Å². The molecule has 1 amide bonds. The number of aromatic amines is 1. The monoisotopic (exact) mass is 390 g/mol. The number of hydrogen-bond acceptors (Lipinski definition) is 5. The second-order valence-electron chi connectivity index (χ2n) is 6.54. The minimum Gasteiger partial charge on any atom is -0.479 e. The van der Waals surface area contributed by atoms with E-state index in [9.17, 15) is 14.7 Å². The van der Waals surface area contributed by atoms with Gasteiger partial charge in [0, 0.05) is 30.1 Å². The number of nitrogens with zero attached hydrogens (tertiary/aromatic N) is 2. The van der Waals surface area contributed by atoms with Gasteiger partial charge in [0.2, 0.25) is 17.6 Å². The Morgan fingerprint density at radius 2 is 1.97 bits per heavy atom. The molecule has 8 nitrogen and oxygen atoms in total. The molecular formula is C21H18N4O4. The predicted octanol–water partition coefficient (Wildman–Crippen LogP) is 3.09. The summed E-state index contributed by atoms with van der Waals surface area (Å²) < 4.78 is 5.23. The van der Waals surface area contributed by atoms with E-state index in [1.54, 1.807) is 30.3 Å². The number of rotatable bonds is 7. The number of hydrogen-bond donors (Lipinski definition) is 3. The fourth-order valence-electron chi connectivity index (χ4n) is 3.05. The van der Waals surface area contributed by atoms with Crippen LogP contribution in [0, 0.1) is 0 Å². The third-order valence-electron chi connectivity index (χ3n) is 4.53. The van der Waals surface area contributed by atoms with Crippen molar-refractivity contribution < 1.29 is 19.2 Å². The molecule has 29 heavy (non-hydrogen) atoms. The summed E-state index contributed by atoms with van der Waals surface area (Å²) in [5.41, 5.74) is 2.27. The Kier molecular flexibility index (Phi) is 5.07. The van der Waals surface area contributed by atoms with Gasteiger partial charge in [-0.3, -0.25) is 4.79 Å². The summed E-state index contributed by atoms with van der Waals surface area (Å²) in [5.74, 6) is -0.781. The molecule has 1 atom stereocenters. The molecule has 8 heteroatoms. The number of carboxylic acids is 1. The van der Waals surface area contributed by atoms with Crippen LogP contribution in [0.2, 0.25) is 0 Å². The Balaban J connectivity index is 1.39. The van der Waals surface area contributed by atoms with Crippen molar-refractivity contribution in [2.24, 2.45) is 0 Å². The zero-order valence-corrected chi connectivity index (χ0v) is 15.3. The molecule has 0 aliphatic rings. The average molecular weight is 390 g/mol. The zero-order chi connectivity index (χ0) is 20.2. The molecule has 0 aliphatic carbocycles. The van der Waals surface area contributed by atoms with Gasteiger partial charge in [-0.15, -0.1) is 0 Å². The number of H-pyrrole nitrogens is 1. The highest BCUT2D eigenvalue weighted by Crippen LogP contribution is 2.22. The Morgan fingerprint density at radius 1 is 1.14 bits per heavy atom. The molecule has 4 rings (SSSR count). The van der Waals surface area contributed by atoms with E-state index >= 15 is 0 Å². The number of carbonyl (C=O) groups is 2. The van der Waals surface area contributed by atoms with Crippen LogP contribution in [0.5, 0.6) is 0 Å². The van der Waals surface area contributed by atoms with Gasteiger partial charge in [-0.05, 0) is 23.1 Å². The van der Waals surface area contributed by atoms with E-state index in [4.69, 9.17) is 4.52 Å². The molecule has 0 fully saturated rings. The van der Waals surface area contributed by atoms with E-state index in [1.165, 1.54) is 0 Å². The molecule has 4 aromatic rings. The van der Waals surface area contributed by atoms with Crippen LogP contribution in [0.3, 0.4) is 0 Å². The van der Waals surface area contributed by atoms with Crippen LogP contribution >= 0.6 is 0 Å². The van der Waals surface area contributed by atoms with Crippen molar-refractivity contribution in [1.29, 1.82) is 0 Å². The number of amides is 1. The number of benzene rings is 2. The minimum atomic E-state index is -1.12. The van der Waals surface area contributed by atoms with Crippen molar-refractivity contribution in [3.63, 3.8) is 0 Å². The largest absolute Gasteiger partial charge is 0.479 e. The average Bonchev–Trinajstić information content (AvgIpc) is 3.39. The summed E-state index contributed by atoms with van der Waals surface area (Å²) in [6.45, 7) is 0. The SMILES string of the molecule is O=C(CCc1nc(-c2ccc3cc[nH]c3c2)no1)N[C@H](C(=O)O)c1ccccc1. The number of aryl methyl sites for hydroxylation is 1. The van der Waals surface area contributed by atoms with Gasteiger partial charge in [0.15, 0.2) is 6.04 Å². The Labute approximate surface area is 165 Å². The van der Waals surface area contributed by atoms with E-state index in [-0.39, 0.29) is 12.8 Å². The Morgan fingerprint density at radius 3 is 2.76 bits per heavy atom. The lowest BCUT2D eigenvalue weighted by molar-refractivity contribution is -0.142. The second-order valence-corrected chi connectivity index (χ2v) is 6.54. The van der Waals surface area contributed by atoms with Crippen molar-refractivity contribution in [2.45, 2.75) is 18.9 Å². The number of aliphatic carboxylic acids is 1. The molecule has 2 aromatic heterocycles. The maximum atomic E-state index is 12.2.